The van der Waals surface area contributed by atoms with Crippen LogP contribution in [0, 0.1) is 0 Å². The van der Waals surface area contributed by atoms with E-state index in [1.54, 1.807) is 12.4 Å². The lowest BCUT2D eigenvalue weighted by Gasteiger charge is -2.01. The molecule has 0 bridgehead atoms. The van der Waals surface area contributed by atoms with Crippen molar-refractivity contribution in [3.63, 3.8) is 0 Å². The fourth-order valence-electron chi connectivity index (χ4n) is 0.642. The van der Waals surface area contributed by atoms with Gasteiger partial charge in [-0.05, 0) is 6.92 Å². The Hall–Kier alpha value is -1.70. The first-order valence-electron chi connectivity index (χ1n) is 3.20. The molecule has 0 fully saturated rings. The highest BCUT2D eigenvalue weighted by molar-refractivity contribution is 5.76. The lowest BCUT2D eigenvalue weighted by Crippen LogP contribution is -2.28. The van der Waals surface area contributed by atoms with Gasteiger partial charge in [-0.1, -0.05) is 5.21 Å². The van der Waals surface area contributed by atoms with Gasteiger partial charge in [0.2, 0.25) is 5.96 Å². The number of nitrogens with zero attached hydrogens (tertiary/aromatic N) is 4. The quantitative estimate of drug-likeness (QED) is 0.245. The van der Waals surface area contributed by atoms with Crippen molar-refractivity contribution in [3.05, 3.63) is 5.82 Å². The van der Waals surface area contributed by atoms with Gasteiger partial charge in [-0.3, -0.25) is 5.21 Å². The lowest BCUT2D eigenvalue weighted by molar-refractivity contribution is 0.232. The zero-order chi connectivity index (χ0) is 8.97. The number of guanidine groups is 1. The molecule has 1 aromatic rings. The Bertz CT molecular complexity index is 254. The van der Waals surface area contributed by atoms with Crippen LogP contribution in [-0.4, -0.2) is 31.8 Å². The fourth-order valence-corrected chi connectivity index (χ4v) is 0.642. The van der Waals surface area contributed by atoms with Crippen LogP contribution in [0.25, 0.3) is 0 Å². The Morgan fingerprint density at radius 3 is 3.08 bits per heavy atom. The van der Waals surface area contributed by atoms with Crippen LogP contribution >= 0.6 is 0 Å². The summed E-state index contributed by atoms with van der Waals surface area (Å²) >= 11 is 0. The van der Waals surface area contributed by atoms with Gasteiger partial charge in [0.15, 0.2) is 5.82 Å². The number of aromatic amines is 1. The summed E-state index contributed by atoms with van der Waals surface area (Å²) in [7, 11) is 0. The summed E-state index contributed by atoms with van der Waals surface area (Å²) in [5, 5.41) is 21.3. The normalized spacial score (nSPS) is 14.3. The van der Waals surface area contributed by atoms with Gasteiger partial charge in [-0.15, -0.1) is 10.2 Å². The number of hydrogen-bond acceptors (Lipinski definition) is 5. The van der Waals surface area contributed by atoms with Crippen molar-refractivity contribution in [2.75, 3.05) is 0 Å². The molecule has 0 saturated carbocycles. The second kappa shape index (κ2) is 3.62. The van der Waals surface area contributed by atoms with Gasteiger partial charge in [0.25, 0.3) is 0 Å². The van der Waals surface area contributed by atoms with E-state index in [0.717, 1.165) is 0 Å². The van der Waals surface area contributed by atoms with Crippen LogP contribution in [0.1, 0.15) is 18.8 Å². The zero-order valence-corrected chi connectivity index (χ0v) is 6.39. The molecule has 0 radical (unpaired) electrons. The second-order valence-corrected chi connectivity index (χ2v) is 2.07. The summed E-state index contributed by atoms with van der Waals surface area (Å²) in [6.45, 7) is 1.72. The predicted octanol–water partition coefficient (Wildman–Crippen LogP) is -1.45. The minimum absolute atomic E-state index is 0.0905. The van der Waals surface area contributed by atoms with E-state index in [-0.39, 0.29) is 12.0 Å². The monoisotopic (exact) mass is 171 g/mol. The van der Waals surface area contributed by atoms with Gasteiger partial charge in [-0.25, -0.2) is 10.5 Å². The van der Waals surface area contributed by atoms with Crippen LogP contribution in [0.15, 0.2) is 4.99 Å². The second-order valence-electron chi connectivity index (χ2n) is 2.07. The van der Waals surface area contributed by atoms with Gasteiger partial charge < -0.3 is 5.73 Å². The zero-order valence-electron chi connectivity index (χ0n) is 6.39. The number of hydrogen-bond donors (Lipinski definition) is 4. The molecule has 8 nitrogen and oxygen atoms in total. The summed E-state index contributed by atoms with van der Waals surface area (Å²) in [6.07, 6.45) is 0. The Kier molecular flexibility index (Phi) is 2.53. The maximum atomic E-state index is 8.31. The van der Waals surface area contributed by atoms with Gasteiger partial charge in [0.05, 0.1) is 0 Å². The average Bonchev–Trinajstić information content (AvgIpc) is 2.56. The number of aliphatic imine (C=N–C) groups is 1. The molecule has 66 valence electrons. The van der Waals surface area contributed by atoms with Crippen LogP contribution in [-0.2, 0) is 0 Å². The van der Waals surface area contributed by atoms with Crippen LogP contribution < -0.4 is 11.2 Å². The van der Waals surface area contributed by atoms with Gasteiger partial charge >= 0.3 is 0 Å². The van der Waals surface area contributed by atoms with Crippen molar-refractivity contribution in [3.8, 4) is 0 Å². The lowest BCUT2D eigenvalue weighted by atomic mass is 10.3. The third-order valence-corrected chi connectivity index (χ3v) is 1.18. The van der Waals surface area contributed by atoms with E-state index in [2.05, 4.69) is 25.6 Å². The third kappa shape index (κ3) is 1.89. The maximum Gasteiger partial charge on any atom is 0.213 e. The molecule has 0 spiro atoms. The van der Waals surface area contributed by atoms with Crippen molar-refractivity contribution in [1.29, 1.82) is 0 Å². The molecule has 1 rings (SSSR count). The molecule has 1 unspecified atom stereocenters. The first-order valence-corrected chi connectivity index (χ1v) is 3.20. The van der Waals surface area contributed by atoms with Crippen molar-refractivity contribution in [2.24, 2.45) is 10.7 Å². The topological polar surface area (TPSA) is 125 Å². The average molecular weight is 171 g/mol. The molecule has 0 aliphatic carbocycles. The van der Waals surface area contributed by atoms with Crippen molar-refractivity contribution >= 4 is 5.96 Å². The molecular weight excluding hydrogens is 162 g/mol. The van der Waals surface area contributed by atoms with Gasteiger partial charge in [-0.2, -0.15) is 5.21 Å². The smallest absolute Gasteiger partial charge is 0.213 e. The Labute approximate surface area is 67.8 Å². The Morgan fingerprint density at radius 2 is 2.58 bits per heavy atom. The number of rotatable bonds is 2. The molecule has 12 heavy (non-hydrogen) atoms. The van der Waals surface area contributed by atoms with E-state index in [1.807, 2.05) is 0 Å². The van der Waals surface area contributed by atoms with Gasteiger partial charge in [0, 0.05) is 0 Å². The maximum absolute atomic E-state index is 8.31. The summed E-state index contributed by atoms with van der Waals surface area (Å²) < 4.78 is 0. The molecule has 0 aliphatic heterocycles. The van der Waals surface area contributed by atoms with E-state index in [0.29, 0.717) is 5.82 Å². The van der Waals surface area contributed by atoms with Gasteiger partial charge in [0.1, 0.15) is 6.04 Å². The number of nitrogens with two attached hydrogens (primary N) is 1. The van der Waals surface area contributed by atoms with Crippen LogP contribution in [0.2, 0.25) is 0 Å². The highest BCUT2D eigenvalue weighted by atomic mass is 16.5. The highest BCUT2D eigenvalue weighted by Gasteiger charge is 2.08. The third-order valence-electron chi connectivity index (χ3n) is 1.18. The summed E-state index contributed by atoms with van der Waals surface area (Å²) in [5.41, 5.74) is 6.88. The predicted molar refractivity (Wildman–Crippen MR) is 39.1 cm³/mol. The highest BCUT2D eigenvalue weighted by Crippen LogP contribution is 2.07. The van der Waals surface area contributed by atoms with Crippen LogP contribution in [0.5, 0.6) is 0 Å². The first kappa shape index (κ1) is 8.40. The molecule has 0 saturated heterocycles. The Morgan fingerprint density at radius 1 is 1.83 bits per heavy atom. The molecular formula is C4H9N7O. The van der Waals surface area contributed by atoms with E-state index in [1.165, 1.54) is 0 Å². The molecule has 8 heteroatoms. The summed E-state index contributed by atoms with van der Waals surface area (Å²) in [6, 6.07) is -0.344. The van der Waals surface area contributed by atoms with E-state index >= 15 is 0 Å². The minimum atomic E-state index is -0.344. The molecule has 1 atom stereocenters. The van der Waals surface area contributed by atoms with Crippen LogP contribution in [0.4, 0.5) is 0 Å². The molecule has 5 N–H and O–H groups in total. The number of tetrazole rings is 1. The van der Waals surface area contributed by atoms with Crippen molar-refractivity contribution in [2.45, 2.75) is 13.0 Å². The molecule has 0 aromatic carbocycles. The standard InChI is InChI=1S/C4H9N7O/c1-2(6-4(5)9-12)3-7-10-11-8-3/h2,12H,1H3,(H3,5,6,9)(H,7,8,10,11). The van der Waals surface area contributed by atoms with Crippen LogP contribution in [0.3, 0.4) is 0 Å². The first-order chi connectivity index (χ1) is 5.74. The molecule has 1 aromatic heterocycles. The fraction of sp³-hybridized carbons (Fsp3) is 0.500. The number of H-pyrrole nitrogens is 1. The number of aromatic nitrogens is 4. The van der Waals surface area contributed by atoms with E-state index in [9.17, 15) is 0 Å². The minimum Gasteiger partial charge on any atom is -0.368 e. The largest absolute Gasteiger partial charge is 0.368 e. The SMILES string of the molecule is CC(N=C(N)NO)c1nn[nH]n1. The van der Waals surface area contributed by atoms with E-state index in [4.69, 9.17) is 10.9 Å². The van der Waals surface area contributed by atoms with Crippen molar-refractivity contribution < 1.29 is 5.21 Å². The number of nitrogens with one attached hydrogen (secondary N) is 2. The Balaban J connectivity index is 2.66. The molecule has 0 amide bonds. The van der Waals surface area contributed by atoms with E-state index < -0.39 is 0 Å². The molecule has 1 heterocycles. The number of hydroxylamine groups is 1. The summed E-state index contributed by atoms with van der Waals surface area (Å²) in [4.78, 5) is 3.79. The van der Waals surface area contributed by atoms with Crippen molar-refractivity contribution in [1.82, 2.24) is 26.1 Å². The summed E-state index contributed by atoms with van der Waals surface area (Å²) in [5.74, 6) is 0.320. The molecule has 0 aliphatic rings.